The molecule has 1 aliphatic heterocycles. The number of carbonyl (C=O) groups is 1. The maximum atomic E-state index is 12.9. The highest BCUT2D eigenvalue weighted by molar-refractivity contribution is 7.80. The van der Waals surface area contributed by atoms with Crippen molar-refractivity contribution in [1.82, 2.24) is 4.90 Å². The smallest absolute Gasteiger partial charge is 0.253 e. The third kappa shape index (κ3) is 3.97. The Labute approximate surface area is 179 Å². The van der Waals surface area contributed by atoms with Gasteiger partial charge in [0.15, 0.2) is 0 Å². The second-order valence-corrected chi connectivity index (χ2v) is 8.93. The summed E-state index contributed by atoms with van der Waals surface area (Å²) in [5.41, 5.74) is 3.84. The Morgan fingerprint density at radius 3 is 2.21 bits per heavy atom. The number of rotatable bonds is 5. The van der Waals surface area contributed by atoms with Crippen molar-refractivity contribution in [2.24, 2.45) is 0 Å². The Kier molecular flexibility index (Phi) is 5.77. The maximum Gasteiger partial charge on any atom is 0.253 e. The van der Waals surface area contributed by atoms with Crippen molar-refractivity contribution in [2.75, 3.05) is 23.4 Å². The van der Waals surface area contributed by atoms with Crippen LogP contribution in [-0.2, 0) is 0 Å². The maximum absolute atomic E-state index is 12.9. The Morgan fingerprint density at radius 1 is 1.07 bits per heavy atom. The minimum Gasteiger partial charge on any atom is -0.361 e. The molecule has 2 aromatic rings. The molecular formula is C24H31N3OS. The molecule has 0 aromatic heterocycles. The normalized spacial score (nSPS) is 19.0. The molecule has 0 bridgehead atoms. The molecule has 0 spiro atoms. The molecule has 1 saturated carbocycles. The summed E-state index contributed by atoms with van der Waals surface area (Å²) in [6.07, 6.45) is 6.00. The summed E-state index contributed by atoms with van der Waals surface area (Å²) in [6.45, 7) is 2.17. The van der Waals surface area contributed by atoms with Gasteiger partial charge in [0.25, 0.3) is 5.91 Å². The molecule has 5 heteroatoms. The summed E-state index contributed by atoms with van der Waals surface area (Å²) in [5.74, 6) is 0.972. The minimum absolute atomic E-state index is 0.126. The SMILES string of the molecule is CN(C(=O)c1ccc(C(CS)C2(C)Nc3ccccc3N2)cc1)C1CCCCC1. The lowest BCUT2D eigenvalue weighted by Gasteiger charge is -2.35. The predicted molar refractivity (Wildman–Crippen MR) is 124 cm³/mol. The molecule has 1 aliphatic carbocycles. The van der Waals surface area contributed by atoms with Crippen molar-refractivity contribution in [2.45, 2.75) is 56.7 Å². The number of nitrogens with one attached hydrogen (secondary N) is 2. The molecule has 4 rings (SSSR count). The van der Waals surface area contributed by atoms with E-state index in [0.29, 0.717) is 11.8 Å². The summed E-state index contributed by atoms with van der Waals surface area (Å²) >= 11 is 4.65. The minimum atomic E-state index is -0.324. The van der Waals surface area contributed by atoms with Crippen molar-refractivity contribution < 1.29 is 4.79 Å². The van der Waals surface area contributed by atoms with Gasteiger partial charge in [-0.15, -0.1) is 0 Å². The van der Waals surface area contributed by atoms with E-state index in [2.05, 4.69) is 54.5 Å². The van der Waals surface area contributed by atoms with Gasteiger partial charge in [-0.1, -0.05) is 43.5 Å². The highest BCUT2D eigenvalue weighted by atomic mass is 32.1. The third-order valence-electron chi connectivity index (χ3n) is 6.60. The van der Waals surface area contributed by atoms with Gasteiger partial charge < -0.3 is 15.5 Å². The molecule has 0 saturated heterocycles. The molecule has 2 N–H and O–H groups in total. The van der Waals surface area contributed by atoms with Crippen molar-refractivity contribution in [3.8, 4) is 0 Å². The van der Waals surface area contributed by atoms with Gasteiger partial charge in [0, 0.05) is 30.3 Å². The average Bonchev–Trinajstić information content (AvgIpc) is 3.11. The number of anilines is 2. The Hall–Kier alpha value is -2.14. The fourth-order valence-corrected chi connectivity index (χ4v) is 5.36. The molecule has 1 amide bonds. The van der Waals surface area contributed by atoms with Gasteiger partial charge in [-0.25, -0.2) is 0 Å². The lowest BCUT2D eigenvalue weighted by atomic mass is 9.88. The van der Waals surface area contributed by atoms with E-state index in [4.69, 9.17) is 0 Å². The predicted octanol–water partition coefficient (Wildman–Crippen LogP) is 5.36. The Bertz CT molecular complexity index is 836. The van der Waals surface area contributed by atoms with E-state index in [0.717, 1.165) is 29.8 Å². The topological polar surface area (TPSA) is 44.4 Å². The first-order valence-corrected chi connectivity index (χ1v) is 11.3. The van der Waals surface area contributed by atoms with Crippen LogP contribution in [0.15, 0.2) is 48.5 Å². The number of carbonyl (C=O) groups excluding carboxylic acids is 1. The van der Waals surface area contributed by atoms with Gasteiger partial charge in [-0.3, -0.25) is 4.79 Å². The summed E-state index contributed by atoms with van der Waals surface area (Å²) in [6, 6.07) is 16.7. The summed E-state index contributed by atoms with van der Waals surface area (Å²) in [7, 11) is 1.95. The summed E-state index contributed by atoms with van der Waals surface area (Å²) in [4.78, 5) is 14.9. The van der Waals surface area contributed by atoms with Gasteiger partial charge in [-0.05, 0) is 49.6 Å². The van der Waals surface area contributed by atoms with Gasteiger partial charge in [-0.2, -0.15) is 12.6 Å². The van der Waals surface area contributed by atoms with Crippen molar-refractivity contribution in [3.63, 3.8) is 0 Å². The van der Waals surface area contributed by atoms with Crippen LogP contribution in [0.2, 0.25) is 0 Å². The first-order chi connectivity index (χ1) is 14.0. The molecule has 1 heterocycles. The second-order valence-electron chi connectivity index (χ2n) is 8.56. The number of hydrogen-bond acceptors (Lipinski definition) is 4. The molecule has 2 aliphatic rings. The number of para-hydroxylation sites is 2. The van der Waals surface area contributed by atoms with Crippen LogP contribution in [0.25, 0.3) is 0 Å². The standard InChI is InChI=1S/C24H31N3OS/c1-24(25-21-10-6-7-11-22(21)26-24)20(16-29)17-12-14-18(15-13-17)23(28)27(2)19-8-4-3-5-9-19/h6-7,10-15,19-20,25-26,29H,3-5,8-9,16H2,1-2H3. The van der Waals surface area contributed by atoms with Crippen LogP contribution < -0.4 is 10.6 Å². The highest BCUT2D eigenvalue weighted by Crippen LogP contribution is 2.41. The van der Waals surface area contributed by atoms with Crippen molar-refractivity contribution in [1.29, 1.82) is 0 Å². The van der Waals surface area contributed by atoms with E-state index in [1.54, 1.807) is 0 Å². The molecule has 4 nitrogen and oxygen atoms in total. The second kappa shape index (κ2) is 8.31. The number of hydrogen-bond donors (Lipinski definition) is 3. The molecule has 1 unspecified atom stereocenters. The van der Waals surface area contributed by atoms with Gasteiger partial charge in [0.2, 0.25) is 0 Å². The third-order valence-corrected chi connectivity index (χ3v) is 6.96. The fraction of sp³-hybridized carbons (Fsp3) is 0.458. The van der Waals surface area contributed by atoms with Crippen LogP contribution in [0.5, 0.6) is 0 Å². The van der Waals surface area contributed by atoms with Gasteiger partial charge in [0.05, 0.1) is 11.4 Å². The number of thiol groups is 1. The zero-order valence-electron chi connectivity index (χ0n) is 17.3. The van der Waals surface area contributed by atoms with Crippen molar-refractivity contribution >= 4 is 29.9 Å². The molecule has 2 aromatic carbocycles. The Balaban J connectivity index is 1.50. The lowest BCUT2D eigenvalue weighted by molar-refractivity contribution is 0.0696. The first-order valence-electron chi connectivity index (χ1n) is 10.7. The quantitative estimate of drug-likeness (QED) is 0.583. The number of amides is 1. The van der Waals surface area contributed by atoms with Crippen LogP contribution in [0.1, 0.15) is 60.9 Å². The molecule has 0 radical (unpaired) electrons. The monoisotopic (exact) mass is 409 g/mol. The van der Waals surface area contributed by atoms with E-state index >= 15 is 0 Å². The van der Waals surface area contributed by atoms with Crippen LogP contribution >= 0.6 is 12.6 Å². The molecule has 1 atom stereocenters. The van der Waals surface area contributed by atoms with Crippen molar-refractivity contribution in [3.05, 3.63) is 59.7 Å². The van der Waals surface area contributed by atoms with E-state index in [1.807, 2.05) is 36.2 Å². The number of nitrogens with zero attached hydrogens (tertiary/aromatic N) is 1. The van der Waals surface area contributed by atoms with E-state index < -0.39 is 0 Å². The van der Waals surface area contributed by atoms with Crippen LogP contribution in [0.3, 0.4) is 0 Å². The lowest BCUT2D eigenvalue weighted by Crippen LogP contribution is -2.45. The van der Waals surface area contributed by atoms with Crippen LogP contribution in [-0.4, -0.2) is 35.3 Å². The fourth-order valence-electron chi connectivity index (χ4n) is 4.78. The van der Waals surface area contributed by atoms with Gasteiger partial charge in [0.1, 0.15) is 5.66 Å². The number of fused-ring (bicyclic) bond motifs is 1. The van der Waals surface area contributed by atoms with E-state index in [-0.39, 0.29) is 17.5 Å². The van der Waals surface area contributed by atoms with E-state index in [9.17, 15) is 4.79 Å². The molecule has 29 heavy (non-hydrogen) atoms. The van der Waals surface area contributed by atoms with Gasteiger partial charge >= 0.3 is 0 Å². The zero-order valence-corrected chi connectivity index (χ0v) is 18.2. The van der Waals surface area contributed by atoms with Crippen LogP contribution in [0.4, 0.5) is 11.4 Å². The molecule has 154 valence electrons. The summed E-state index contributed by atoms with van der Waals surface area (Å²) in [5, 5.41) is 7.25. The first kappa shape index (κ1) is 20.1. The van der Waals surface area contributed by atoms with E-state index in [1.165, 1.54) is 24.8 Å². The largest absolute Gasteiger partial charge is 0.361 e. The Morgan fingerprint density at radius 2 is 1.66 bits per heavy atom. The zero-order chi connectivity index (χ0) is 20.4. The average molecular weight is 410 g/mol. The molecule has 1 fully saturated rings. The highest BCUT2D eigenvalue weighted by Gasteiger charge is 2.39. The van der Waals surface area contributed by atoms with Crippen LogP contribution in [0, 0.1) is 0 Å². The number of benzene rings is 2. The summed E-state index contributed by atoms with van der Waals surface area (Å²) < 4.78 is 0. The molecular weight excluding hydrogens is 378 g/mol.